The number of hydrogen-bond acceptors (Lipinski definition) is 1. The number of aromatic nitrogens is 1. The van der Waals surface area contributed by atoms with Crippen molar-refractivity contribution < 1.29 is 4.79 Å². The zero-order valence-corrected chi connectivity index (χ0v) is 12.6. The second kappa shape index (κ2) is 4.60. The predicted octanol–water partition coefficient (Wildman–Crippen LogP) is 4.42. The van der Waals surface area contributed by atoms with Crippen LogP contribution < -0.4 is 5.32 Å². The minimum absolute atomic E-state index is 0.0550. The third kappa shape index (κ3) is 1.99. The number of hydrogen-bond donors (Lipinski definition) is 2. The van der Waals surface area contributed by atoms with Crippen LogP contribution >= 0.6 is 15.9 Å². The van der Waals surface area contributed by atoms with Gasteiger partial charge in [0.25, 0.3) is 5.91 Å². The molecule has 0 radical (unpaired) electrons. The van der Waals surface area contributed by atoms with Crippen LogP contribution in [-0.4, -0.2) is 10.9 Å². The molecule has 0 atom stereocenters. The Morgan fingerprint density at radius 3 is 2.86 bits per heavy atom. The maximum absolute atomic E-state index is 12.2. The minimum Gasteiger partial charge on any atom is -0.361 e. The van der Waals surface area contributed by atoms with E-state index in [4.69, 9.17) is 0 Å². The Morgan fingerprint density at radius 2 is 1.95 bits per heavy atom. The largest absolute Gasteiger partial charge is 0.361 e. The van der Waals surface area contributed by atoms with Gasteiger partial charge in [-0.3, -0.25) is 4.79 Å². The van der Waals surface area contributed by atoms with E-state index in [0.717, 1.165) is 32.2 Å². The molecule has 0 saturated carbocycles. The summed E-state index contributed by atoms with van der Waals surface area (Å²) in [5, 5.41) is 3.98. The van der Waals surface area contributed by atoms with Crippen molar-refractivity contribution in [2.24, 2.45) is 0 Å². The molecule has 21 heavy (non-hydrogen) atoms. The highest BCUT2D eigenvalue weighted by atomic mass is 79.9. The zero-order chi connectivity index (χ0) is 14.4. The molecule has 0 bridgehead atoms. The van der Waals surface area contributed by atoms with E-state index in [2.05, 4.69) is 32.3 Å². The molecule has 3 aromatic rings. The van der Waals surface area contributed by atoms with Gasteiger partial charge in [-0.2, -0.15) is 0 Å². The fourth-order valence-electron chi connectivity index (χ4n) is 2.67. The molecule has 1 amide bonds. The van der Waals surface area contributed by atoms with Gasteiger partial charge in [0.05, 0.1) is 0 Å². The van der Waals surface area contributed by atoms with Crippen molar-refractivity contribution in [3.63, 3.8) is 0 Å². The monoisotopic (exact) mass is 338 g/mol. The fourth-order valence-corrected chi connectivity index (χ4v) is 3.03. The van der Waals surface area contributed by atoms with Crippen molar-refractivity contribution in [1.82, 2.24) is 4.98 Å². The Balaban J connectivity index is 1.91. The van der Waals surface area contributed by atoms with Crippen molar-refractivity contribution in [1.29, 1.82) is 0 Å². The van der Waals surface area contributed by atoms with Gasteiger partial charge in [-0.1, -0.05) is 34.1 Å². The van der Waals surface area contributed by atoms with Crippen LogP contribution in [0.25, 0.3) is 22.6 Å². The SMILES string of the molecule is O=C1Nc2ccccc2C1=Cc1c[nH]c2ccc(Br)cc12. The third-order valence-electron chi connectivity index (χ3n) is 3.69. The zero-order valence-electron chi connectivity index (χ0n) is 11.0. The smallest absolute Gasteiger partial charge is 0.256 e. The van der Waals surface area contributed by atoms with Gasteiger partial charge in [0.2, 0.25) is 0 Å². The number of carbonyl (C=O) groups excluding carboxylic acids is 1. The Kier molecular flexibility index (Phi) is 2.72. The number of H-pyrrole nitrogens is 1. The van der Waals surface area contributed by atoms with E-state index in [1.807, 2.05) is 48.7 Å². The number of anilines is 1. The summed E-state index contributed by atoms with van der Waals surface area (Å²) < 4.78 is 1.02. The van der Waals surface area contributed by atoms with E-state index in [1.165, 1.54) is 0 Å². The van der Waals surface area contributed by atoms with Crippen LogP contribution in [0.5, 0.6) is 0 Å². The molecule has 0 spiro atoms. The minimum atomic E-state index is -0.0550. The van der Waals surface area contributed by atoms with E-state index in [0.29, 0.717) is 5.57 Å². The summed E-state index contributed by atoms with van der Waals surface area (Å²) in [6.07, 6.45) is 3.87. The van der Waals surface area contributed by atoms with Gasteiger partial charge in [-0.25, -0.2) is 0 Å². The van der Waals surface area contributed by atoms with Gasteiger partial charge in [0.1, 0.15) is 0 Å². The lowest BCUT2D eigenvalue weighted by molar-refractivity contribution is -0.110. The topological polar surface area (TPSA) is 44.9 Å². The number of benzene rings is 2. The number of aromatic amines is 1. The van der Waals surface area contributed by atoms with E-state index in [1.54, 1.807) is 0 Å². The second-order valence-corrected chi connectivity index (χ2v) is 5.91. The Bertz CT molecular complexity index is 908. The van der Waals surface area contributed by atoms with Crippen LogP contribution in [0.2, 0.25) is 0 Å². The lowest BCUT2D eigenvalue weighted by Gasteiger charge is -1.98. The molecule has 2 aromatic carbocycles. The van der Waals surface area contributed by atoms with Crippen molar-refractivity contribution >= 4 is 50.1 Å². The molecular weight excluding hydrogens is 328 g/mol. The van der Waals surface area contributed by atoms with Gasteiger partial charge in [-0.05, 0) is 30.3 Å². The molecule has 0 aliphatic carbocycles. The quantitative estimate of drug-likeness (QED) is 0.633. The molecule has 4 heteroatoms. The maximum Gasteiger partial charge on any atom is 0.256 e. The summed E-state index contributed by atoms with van der Waals surface area (Å²) in [4.78, 5) is 15.4. The van der Waals surface area contributed by atoms with E-state index < -0.39 is 0 Å². The van der Waals surface area contributed by atoms with Crippen molar-refractivity contribution in [2.45, 2.75) is 0 Å². The van der Waals surface area contributed by atoms with Crippen LogP contribution in [0.3, 0.4) is 0 Å². The Morgan fingerprint density at radius 1 is 1.10 bits per heavy atom. The van der Waals surface area contributed by atoms with Gasteiger partial charge < -0.3 is 10.3 Å². The van der Waals surface area contributed by atoms with Crippen LogP contribution in [-0.2, 0) is 4.79 Å². The summed E-state index contributed by atoms with van der Waals surface area (Å²) in [5.41, 5.74) is 4.58. The van der Waals surface area contributed by atoms with Gasteiger partial charge in [0.15, 0.2) is 0 Å². The predicted molar refractivity (Wildman–Crippen MR) is 88.9 cm³/mol. The number of carbonyl (C=O) groups is 1. The first-order valence-corrected chi connectivity index (χ1v) is 7.41. The number of para-hydroxylation sites is 1. The summed E-state index contributed by atoms with van der Waals surface area (Å²) in [7, 11) is 0. The molecule has 0 fully saturated rings. The lowest BCUT2D eigenvalue weighted by atomic mass is 10.0. The third-order valence-corrected chi connectivity index (χ3v) is 4.18. The molecule has 1 aliphatic rings. The van der Waals surface area contributed by atoms with Gasteiger partial charge in [0, 0.05) is 44.0 Å². The molecule has 4 rings (SSSR count). The summed E-state index contributed by atoms with van der Waals surface area (Å²) in [5.74, 6) is -0.0550. The molecule has 0 unspecified atom stereocenters. The molecular formula is C17H11BrN2O. The summed E-state index contributed by atoms with van der Waals surface area (Å²) in [6.45, 7) is 0. The first-order valence-electron chi connectivity index (χ1n) is 6.61. The number of halogens is 1. The first kappa shape index (κ1) is 12.4. The molecule has 2 N–H and O–H groups in total. The number of nitrogens with one attached hydrogen (secondary N) is 2. The molecule has 0 saturated heterocycles. The molecule has 3 nitrogen and oxygen atoms in total. The number of amides is 1. The summed E-state index contributed by atoms with van der Waals surface area (Å²) in [6, 6.07) is 13.8. The molecule has 1 aliphatic heterocycles. The highest BCUT2D eigenvalue weighted by Gasteiger charge is 2.23. The van der Waals surface area contributed by atoms with Crippen LogP contribution in [0.4, 0.5) is 5.69 Å². The summed E-state index contributed by atoms with van der Waals surface area (Å²) >= 11 is 3.49. The van der Waals surface area contributed by atoms with Crippen molar-refractivity contribution in [3.8, 4) is 0 Å². The van der Waals surface area contributed by atoms with Crippen LogP contribution in [0.15, 0.2) is 53.1 Å². The maximum atomic E-state index is 12.2. The fraction of sp³-hybridized carbons (Fsp3) is 0. The molecule has 102 valence electrons. The second-order valence-electron chi connectivity index (χ2n) is 4.99. The molecule has 1 aromatic heterocycles. The lowest BCUT2D eigenvalue weighted by Crippen LogP contribution is -2.03. The van der Waals surface area contributed by atoms with Crippen LogP contribution in [0, 0.1) is 0 Å². The average Bonchev–Trinajstić information content (AvgIpc) is 3.01. The standard InChI is InChI=1S/C17H11BrN2O/c18-11-5-6-15-13(8-11)10(9-19-15)7-14-12-3-1-2-4-16(12)20-17(14)21/h1-9,19H,(H,20,21). The first-order chi connectivity index (χ1) is 10.2. The normalized spacial score (nSPS) is 15.5. The van der Waals surface area contributed by atoms with E-state index in [-0.39, 0.29) is 5.91 Å². The van der Waals surface area contributed by atoms with Gasteiger partial charge >= 0.3 is 0 Å². The number of rotatable bonds is 1. The Labute approximate surface area is 129 Å². The highest BCUT2D eigenvalue weighted by Crippen LogP contribution is 2.34. The van der Waals surface area contributed by atoms with Crippen molar-refractivity contribution in [3.05, 3.63) is 64.3 Å². The van der Waals surface area contributed by atoms with Crippen molar-refractivity contribution in [2.75, 3.05) is 5.32 Å². The van der Waals surface area contributed by atoms with E-state index in [9.17, 15) is 4.79 Å². The Hall–Kier alpha value is -2.33. The van der Waals surface area contributed by atoms with Crippen LogP contribution in [0.1, 0.15) is 11.1 Å². The average molecular weight is 339 g/mol. The number of fused-ring (bicyclic) bond motifs is 2. The van der Waals surface area contributed by atoms with Gasteiger partial charge in [-0.15, -0.1) is 0 Å². The molecule has 2 heterocycles. The van der Waals surface area contributed by atoms with E-state index >= 15 is 0 Å². The highest BCUT2D eigenvalue weighted by molar-refractivity contribution is 9.10.